The first kappa shape index (κ1) is 17.3. The SMILES string of the molecule is CCOc1cccc(/C=N/NC(=O)c2ccc(OC)c(OC)c2)c1. The number of methoxy groups -OCH3 is 2. The zero-order chi connectivity index (χ0) is 17.4. The van der Waals surface area contributed by atoms with Gasteiger partial charge in [0.25, 0.3) is 5.91 Å². The molecular weight excluding hydrogens is 308 g/mol. The average molecular weight is 328 g/mol. The summed E-state index contributed by atoms with van der Waals surface area (Å²) < 4.78 is 15.7. The summed E-state index contributed by atoms with van der Waals surface area (Å²) in [6, 6.07) is 12.3. The van der Waals surface area contributed by atoms with Crippen LogP contribution in [0.15, 0.2) is 47.6 Å². The van der Waals surface area contributed by atoms with Crippen LogP contribution in [-0.4, -0.2) is 32.9 Å². The van der Waals surface area contributed by atoms with Crippen LogP contribution in [0.1, 0.15) is 22.8 Å². The molecule has 6 nitrogen and oxygen atoms in total. The number of amides is 1. The van der Waals surface area contributed by atoms with E-state index in [-0.39, 0.29) is 5.91 Å². The molecule has 6 heteroatoms. The van der Waals surface area contributed by atoms with Gasteiger partial charge in [-0.1, -0.05) is 12.1 Å². The number of rotatable bonds is 7. The predicted molar refractivity (Wildman–Crippen MR) is 92.2 cm³/mol. The Morgan fingerprint density at radius 3 is 2.62 bits per heavy atom. The molecule has 24 heavy (non-hydrogen) atoms. The molecule has 0 bridgehead atoms. The summed E-state index contributed by atoms with van der Waals surface area (Å²) in [5.41, 5.74) is 3.73. The van der Waals surface area contributed by atoms with Gasteiger partial charge in [0, 0.05) is 5.56 Å². The van der Waals surface area contributed by atoms with E-state index in [1.807, 2.05) is 31.2 Å². The molecule has 126 valence electrons. The normalized spacial score (nSPS) is 10.5. The minimum atomic E-state index is -0.340. The Labute approximate surface area is 141 Å². The van der Waals surface area contributed by atoms with Crippen LogP contribution >= 0.6 is 0 Å². The van der Waals surface area contributed by atoms with Crippen molar-refractivity contribution in [1.29, 1.82) is 0 Å². The maximum atomic E-state index is 12.1. The molecule has 0 unspecified atom stereocenters. The number of ether oxygens (including phenoxy) is 3. The first-order valence-corrected chi connectivity index (χ1v) is 7.46. The molecule has 2 aromatic rings. The second-order valence-electron chi connectivity index (χ2n) is 4.77. The maximum absolute atomic E-state index is 12.1. The lowest BCUT2D eigenvalue weighted by molar-refractivity contribution is 0.0954. The molecular formula is C18H20N2O4. The molecule has 0 aliphatic heterocycles. The van der Waals surface area contributed by atoms with Gasteiger partial charge in [0.2, 0.25) is 0 Å². The van der Waals surface area contributed by atoms with Gasteiger partial charge in [-0.3, -0.25) is 4.79 Å². The van der Waals surface area contributed by atoms with Gasteiger partial charge >= 0.3 is 0 Å². The van der Waals surface area contributed by atoms with E-state index in [0.29, 0.717) is 23.7 Å². The van der Waals surface area contributed by atoms with Crippen LogP contribution in [0.4, 0.5) is 0 Å². The van der Waals surface area contributed by atoms with Crippen molar-refractivity contribution in [2.75, 3.05) is 20.8 Å². The third-order valence-corrected chi connectivity index (χ3v) is 3.19. The van der Waals surface area contributed by atoms with Crippen LogP contribution in [0, 0.1) is 0 Å². The highest BCUT2D eigenvalue weighted by Crippen LogP contribution is 2.27. The molecule has 0 aliphatic rings. The van der Waals surface area contributed by atoms with Gasteiger partial charge in [-0.15, -0.1) is 0 Å². The van der Waals surface area contributed by atoms with E-state index in [1.165, 1.54) is 14.2 Å². The third-order valence-electron chi connectivity index (χ3n) is 3.19. The third kappa shape index (κ3) is 4.49. The Morgan fingerprint density at radius 2 is 1.92 bits per heavy atom. The zero-order valence-corrected chi connectivity index (χ0v) is 13.9. The van der Waals surface area contributed by atoms with Crippen LogP contribution in [0.2, 0.25) is 0 Å². The Bertz CT molecular complexity index is 729. The van der Waals surface area contributed by atoms with Crippen molar-refractivity contribution in [2.24, 2.45) is 5.10 Å². The van der Waals surface area contributed by atoms with Gasteiger partial charge in [-0.2, -0.15) is 5.10 Å². The summed E-state index contributed by atoms with van der Waals surface area (Å²) >= 11 is 0. The van der Waals surface area contributed by atoms with E-state index in [2.05, 4.69) is 10.5 Å². The van der Waals surface area contributed by atoms with Gasteiger partial charge in [0.15, 0.2) is 11.5 Å². The molecule has 0 saturated heterocycles. The van der Waals surface area contributed by atoms with Crippen LogP contribution in [0.5, 0.6) is 17.2 Å². The first-order valence-electron chi connectivity index (χ1n) is 7.46. The number of nitrogens with one attached hydrogen (secondary N) is 1. The number of carbonyl (C=O) groups is 1. The summed E-state index contributed by atoms with van der Waals surface area (Å²) in [5.74, 6) is 1.46. The molecule has 2 aromatic carbocycles. The summed E-state index contributed by atoms with van der Waals surface area (Å²) in [5, 5.41) is 3.97. The molecule has 0 aliphatic carbocycles. The molecule has 1 amide bonds. The quantitative estimate of drug-likeness (QED) is 0.627. The van der Waals surface area contributed by atoms with Crippen LogP contribution in [0.25, 0.3) is 0 Å². The first-order chi connectivity index (χ1) is 11.7. The Hall–Kier alpha value is -3.02. The molecule has 0 saturated carbocycles. The molecule has 0 aromatic heterocycles. The number of carbonyl (C=O) groups excluding carboxylic acids is 1. The van der Waals surface area contributed by atoms with Crippen molar-refractivity contribution >= 4 is 12.1 Å². The van der Waals surface area contributed by atoms with E-state index in [1.54, 1.807) is 24.4 Å². The lowest BCUT2D eigenvalue weighted by Gasteiger charge is -2.08. The minimum absolute atomic E-state index is 0.340. The highest BCUT2D eigenvalue weighted by Gasteiger charge is 2.09. The molecule has 0 radical (unpaired) electrons. The largest absolute Gasteiger partial charge is 0.494 e. The number of hydrogen-bond donors (Lipinski definition) is 1. The van der Waals surface area contributed by atoms with Crippen molar-refractivity contribution in [1.82, 2.24) is 5.43 Å². The van der Waals surface area contributed by atoms with Crippen molar-refractivity contribution in [2.45, 2.75) is 6.92 Å². The number of hydrogen-bond acceptors (Lipinski definition) is 5. The fraction of sp³-hybridized carbons (Fsp3) is 0.222. The summed E-state index contributed by atoms with van der Waals surface area (Å²) in [7, 11) is 3.06. The van der Waals surface area contributed by atoms with E-state index in [4.69, 9.17) is 14.2 Å². The predicted octanol–water partition coefficient (Wildman–Crippen LogP) is 2.87. The van der Waals surface area contributed by atoms with Crippen LogP contribution in [0.3, 0.4) is 0 Å². The summed E-state index contributed by atoms with van der Waals surface area (Å²) in [4.78, 5) is 12.1. The monoisotopic (exact) mass is 328 g/mol. The summed E-state index contributed by atoms with van der Waals surface area (Å²) in [6.07, 6.45) is 1.56. The molecule has 0 fully saturated rings. The van der Waals surface area contributed by atoms with E-state index >= 15 is 0 Å². The number of nitrogens with zero attached hydrogens (tertiary/aromatic N) is 1. The van der Waals surface area contributed by atoms with Crippen molar-refractivity contribution in [3.63, 3.8) is 0 Å². The van der Waals surface area contributed by atoms with E-state index in [0.717, 1.165) is 11.3 Å². The van der Waals surface area contributed by atoms with E-state index in [9.17, 15) is 4.79 Å². The lowest BCUT2D eigenvalue weighted by atomic mass is 10.2. The Balaban J connectivity index is 2.03. The van der Waals surface area contributed by atoms with Crippen LogP contribution in [-0.2, 0) is 0 Å². The van der Waals surface area contributed by atoms with Gasteiger partial charge in [0.05, 0.1) is 27.0 Å². The van der Waals surface area contributed by atoms with E-state index < -0.39 is 0 Å². The average Bonchev–Trinajstić information content (AvgIpc) is 2.61. The second kappa shape index (κ2) is 8.57. The highest BCUT2D eigenvalue weighted by atomic mass is 16.5. The summed E-state index contributed by atoms with van der Waals surface area (Å²) in [6.45, 7) is 2.51. The van der Waals surface area contributed by atoms with Crippen LogP contribution < -0.4 is 19.6 Å². The molecule has 1 N–H and O–H groups in total. The maximum Gasteiger partial charge on any atom is 0.271 e. The van der Waals surface area contributed by atoms with Gasteiger partial charge in [0.1, 0.15) is 5.75 Å². The number of hydrazone groups is 1. The van der Waals surface area contributed by atoms with Crippen molar-refractivity contribution in [3.05, 3.63) is 53.6 Å². The molecule has 0 spiro atoms. The topological polar surface area (TPSA) is 69.2 Å². The minimum Gasteiger partial charge on any atom is -0.494 e. The fourth-order valence-corrected chi connectivity index (χ4v) is 2.06. The van der Waals surface area contributed by atoms with Gasteiger partial charge < -0.3 is 14.2 Å². The smallest absolute Gasteiger partial charge is 0.271 e. The standard InChI is InChI=1S/C18H20N2O4/c1-4-24-15-7-5-6-13(10-15)12-19-20-18(21)14-8-9-16(22-2)17(11-14)23-3/h5-12H,4H2,1-3H3,(H,20,21)/b19-12+. The molecule has 0 heterocycles. The lowest BCUT2D eigenvalue weighted by Crippen LogP contribution is -2.17. The molecule has 2 rings (SSSR count). The highest BCUT2D eigenvalue weighted by molar-refractivity contribution is 5.95. The fourth-order valence-electron chi connectivity index (χ4n) is 2.06. The zero-order valence-electron chi connectivity index (χ0n) is 13.9. The van der Waals surface area contributed by atoms with Crippen molar-refractivity contribution in [3.8, 4) is 17.2 Å². The number of benzene rings is 2. The molecule has 0 atom stereocenters. The van der Waals surface area contributed by atoms with Crippen molar-refractivity contribution < 1.29 is 19.0 Å². The second-order valence-corrected chi connectivity index (χ2v) is 4.77. The van der Waals surface area contributed by atoms with Gasteiger partial charge in [-0.25, -0.2) is 5.43 Å². The Morgan fingerprint density at radius 1 is 1.12 bits per heavy atom. The Kier molecular flexibility index (Phi) is 6.19. The van der Waals surface area contributed by atoms with Gasteiger partial charge in [-0.05, 0) is 42.8 Å².